The maximum absolute atomic E-state index is 11.6. The van der Waals surface area contributed by atoms with E-state index in [9.17, 15) is 8.42 Å². The van der Waals surface area contributed by atoms with Crippen molar-refractivity contribution in [3.8, 4) is 0 Å². The number of hydrogen-bond acceptors (Lipinski definition) is 2. The van der Waals surface area contributed by atoms with Crippen molar-refractivity contribution >= 4 is 9.84 Å². The summed E-state index contributed by atoms with van der Waals surface area (Å²) in [5, 5.41) is 0. The summed E-state index contributed by atoms with van der Waals surface area (Å²) in [7, 11) is -3.06. The van der Waals surface area contributed by atoms with Gasteiger partial charge in [-0.15, -0.1) is 0 Å². The first-order valence-corrected chi connectivity index (χ1v) is 6.95. The maximum Gasteiger partial charge on any atom is 0.178 e. The van der Waals surface area contributed by atoms with Crippen LogP contribution in [0.4, 0.5) is 0 Å². The van der Waals surface area contributed by atoms with E-state index in [1.165, 1.54) is 0 Å². The molecule has 0 radical (unpaired) electrons. The van der Waals surface area contributed by atoms with Crippen LogP contribution in [-0.2, 0) is 9.84 Å². The second-order valence-corrected chi connectivity index (χ2v) is 5.52. The van der Waals surface area contributed by atoms with Crippen molar-refractivity contribution in [3.05, 3.63) is 30.3 Å². The molecule has 0 bridgehead atoms. The van der Waals surface area contributed by atoms with Crippen molar-refractivity contribution < 1.29 is 8.42 Å². The van der Waals surface area contributed by atoms with Crippen LogP contribution in [-0.4, -0.2) is 14.2 Å². The maximum atomic E-state index is 11.6. The monoisotopic (exact) mass is 228 g/mol. The van der Waals surface area contributed by atoms with Gasteiger partial charge >= 0.3 is 0 Å². The van der Waals surface area contributed by atoms with E-state index in [2.05, 4.69) is 0 Å². The molecule has 0 fully saturated rings. The van der Waals surface area contributed by atoms with Crippen LogP contribution in [0.2, 0.25) is 0 Å². The third-order valence-corrected chi connectivity index (χ3v) is 3.75. The first-order valence-electron chi connectivity index (χ1n) is 5.30. The Morgan fingerprint density at radius 3 is 1.93 bits per heavy atom. The molecule has 0 aromatic heterocycles. The lowest BCUT2D eigenvalue weighted by atomic mass is 10.3. The van der Waals surface area contributed by atoms with Crippen LogP contribution in [0.1, 0.15) is 27.7 Å². The van der Waals surface area contributed by atoms with Gasteiger partial charge < -0.3 is 0 Å². The average Bonchev–Trinajstić information content (AvgIpc) is 2.20. The predicted molar refractivity (Wildman–Crippen MR) is 64.7 cm³/mol. The Hall–Kier alpha value is -0.830. The van der Waals surface area contributed by atoms with E-state index in [1.807, 2.05) is 33.8 Å². The van der Waals surface area contributed by atoms with Gasteiger partial charge in [0.25, 0.3) is 0 Å². The Morgan fingerprint density at radius 1 is 1.07 bits per heavy atom. The topological polar surface area (TPSA) is 34.1 Å². The highest BCUT2D eigenvalue weighted by atomic mass is 32.2. The Kier molecular flexibility index (Phi) is 6.25. The largest absolute Gasteiger partial charge is 0.224 e. The first kappa shape index (κ1) is 14.2. The lowest BCUT2D eigenvalue weighted by molar-refractivity contribution is 0.582. The molecule has 0 aliphatic carbocycles. The average molecular weight is 228 g/mol. The molecule has 0 spiro atoms. The minimum atomic E-state index is -3.06. The summed E-state index contributed by atoms with van der Waals surface area (Å²) < 4.78 is 23.3. The molecular weight excluding hydrogens is 208 g/mol. The quantitative estimate of drug-likeness (QED) is 0.796. The van der Waals surface area contributed by atoms with Crippen molar-refractivity contribution in [1.29, 1.82) is 0 Å². The minimum Gasteiger partial charge on any atom is -0.224 e. The molecule has 1 aromatic carbocycles. The predicted octanol–water partition coefficient (Wildman–Crippen LogP) is 3.14. The van der Waals surface area contributed by atoms with Crippen molar-refractivity contribution in [3.63, 3.8) is 0 Å². The lowest BCUT2D eigenvalue weighted by Gasteiger charge is -2.05. The molecule has 0 unspecified atom stereocenters. The summed E-state index contributed by atoms with van der Waals surface area (Å²) in [6, 6.07) is 8.57. The second-order valence-electron chi connectivity index (χ2n) is 3.49. The van der Waals surface area contributed by atoms with Crippen molar-refractivity contribution in [2.45, 2.75) is 32.6 Å². The van der Waals surface area contributed by atoms with Gasteiger partial charge in [-0.3, -0.25) is 0 Å². The normalized spacial score (nSPS) is 10.7. The molecule has 0 amide bonds. The third kappa shape index (κ3) is 4.98. The summed E-state index contributed by atoms with van der Waals surface area (Å²) in [5.41, 5.74) is 0. The zero-order valence-electron chi connectivity index (χ0n) is 9.90. The number of benzene rings is 1. The number of sulfone groups is 1. The molecule has 0 atom stereocenters. The molecule has 86 valence electrons. The van der Waals surface area contributed by atoms with Crippen LogP contribution in [0.25, 0.3) is 0 Å². The van der Waals surface area contributed by atoms with Gasteiger partial charge in [0, 0.05) is 0 Å². The molecule has 0 N–H and O–H groups in total. The van der Waals surface area contributed by atoms with Crippen LogP contribution >= 0.6 is 0 Å². The van der Waals surface area contributed by atoms with E-state index in [4.69, 9.17) is 0 Å². The van der Waals surface area contributed by atoms with Gasteiger partial charge in [-0.1, -0.05) is 45.9 Å². The smallest absolute Gasteiger partial charge is 0.178 e. The van der Waals surface area contributed by atoms with Crippen molar-refractivity contribution in [1.82, 2.24) is 0 Å². The van der Waals surface area contributed by atoms with Gasteiger partial charge in [0.2, 0.25) is 0 Å². The van der Waals surface area contributed by atoms with E-state index in [0.29, 0.717) is 4.90 Å². The molecule has 0 aliphatic rings. The molecular formula is C12H20O2S. The Morgan fingerprint density at radius 2 is 1.53 bits per heavy atom. The van der Waals surface area contributed by atoms with Gasteiger partial charge in [0.1, 0.15) is 0 Å². The fourth-order valence-electron chi connectivity index (χ4n) is 1.16. The second kappa shape index (κ2) is 6.62. The highest BCUT2D eigenvalue weighted by molar-refractivity contribution is 7.91. The summed E-state index contributed by atoms with van der Waals surface area (Å²) >= 11 is 0. The van der Waals surface area contributed by atoms with Gasteiger partial charge in [0.15, 0.2) is 9.84 Å². The Labute approximate surface area is 93.3 Å². The molecule has 3 heteroatoms. The number of rotatable bonds is 3. The lowest BCUT2D eigenvalue weighted by Crippen LogP contribution is -2.11. The highest BCUT2D eigenvalue weighted by Crippen LogP contribution is 2.12. The first-order chi connectivity index (χ1) is 7.02. The standard InChI is InChI=1S/C10H14O2S.C2H6/c1-9(2)8-13(11,12)10-6-4-3-5-7-10;1-2/h3-7,9H,8H2,1-2H3;1-2H3. The fourth-order valence-corrected chi connectivity index (χ4v) is 2.80. The van der Waals surface area contributed by atoms with Gasteiger partial charge in [-0.05, 0) is 18.1 Å². The summed E-state index contributed by atoms with van der Waals surface area (Å²) in [4.78, 5) is 0.420. The highest BCUT2D eigenvalue weighted by Gasteiger charge is 2.14. The van der Waals surface area contributed by atoms with Crippen LogP contribution < -0.4 is 0 Å². The summed E-state index contributed by atoms with van der Waals surface area (Å²) in [6.45, 7) is 7.81. The zero-order chi connectivity index (χ0) is 11.9. The van der Waals surface area contributed by atoms with E-state index < -0.39 is 9.84 Å². The molecule has 2 nitrogen and oxygen atoms in total. The zero-order valence-corrected chi connectivity index (χ0v) is 10.7. The van der Waals surface area contributed by atoms with Crippen molar-refractivity contribution in [2.75, 3.05) is 5.75 Å². The number of hydrogen-bond donors (Lipinski definition) is 0. The molecule has 1 aromatic rings. The van der Waals surface area contributed by atoms with Gasteiger partial charge in [-0.25, -0.2) is 8.42 Å². The Balaban J connectivity index is 0.000000921. The fraction of sp³-hybridized carbons (Fsp3) is 0.500. The molecule has 0 saturated heterocycles. The van der Waals surface area contributed by atoms with Crippen LogP contribution in [0.5, 0.6) is 0 Å². The van der Waals surface area contributed by atoms with Crippen molar-refractivity contribution in [2.24, 2.45) is 5.92 Å². The third-order valence-electron chi connectivity index (χ3n) is 1.66. The van der Waals surface area contributed by atoms with E-state index in [0.717, 1.165) is 0 Å². The molecule has 0 aliphatic heterocycles. The van der Waals surface area contributed by atoms with Crippen LogP contribution in [0, 0.1) is 5.92 Å². The molecule has 0 heterocycles. The summed E-state index contributed by atoms with van der Waals surface area (Å²) in [6.07, 6.45) is 0. The minimum absolute atomic E-state index is 0.171. The van der Waals surface area contributed by atoms with Crippen LogP contribution in [0.15, 0.2) is 35.2 Å². The Bertz CT molecular complexity index is 352. The van der Waals surface area contributed by atoms with Gasteiger partial charge in [-0.2, -0.15) is 0 Å². The summed E-state index contributed by atoms with van der Waals surface area (Å²) in [5.74, 6) is 0.391. The molecule has 1 rings (SSSR count). The van der Waals surface area contributed by atoms with Crippen LogP contribution in [0.3, 0.4) is 0 Å². The molecule has 0 saturated carbocycles. The van der Waals surface area contributed by atoms with Gasteiger partial charge in [0.05, 0.1) is 10.6 Å². The SMILES string of the molecule is CC.CC(C)CS(=O)(=O)c1ccccc1. The van der Waals surface area contributed by atoms with E-state index >= 15 is 0 Å². The van der Waals surface area contributed by atoms with E-state index in [1.54, 1.807) is 24.3 Å². The van der Waals surface area contributed by atoms with E-state index in [-0.39, 0.29) is 11.7 Å². The molecule has 15 heavy (non-hydrogen) atoms.